The largest absolute Gasteiger partial charge is 0.388 e. The lowest BCUT2D eigenvalue weighted by atomic mass is 10.2. The molecule has 0 amide bonds. The number of hydrogen-bond acceptors (Lipinski definition) is 5. The average molecular weight is 382 g/mol. The highest BCUT2D eigenvalue weighted by Gasteiger charge is 2.01. The third-order valence-corrected chi connectivity index (χ3v) is 3.19. The molecule has 0 atom stereocenters. The molecule has 0 saturated carbocycles. The molecule has 6 nitrogen and oxygen atoms in total. The van der Waals surface area contributed by atoms with Crippen molar-refractivity contribution in [3.63, 3.8) is 0 Å². The molecule has 6 heteroatoms. The van der Waals surface area contributed by atoms with Crippen LogP contribution in [0.5, 0.6) is 0 Å². The molecule has 0 fully saturated rings. The third-order valence-electron chi connectivity index (χ3n) is 3.19. The standard InChI is InChI=1S/C13H16N4O.C7H9N.C2H6/c1-4-6-7-11(5-2)9-15-17-12(18)8-10(3)16-13(17)14;1-8-7-5-3-2-4-6-7;1-2/h4-9H,1H2,2-3H3,(H2,14,16);2-6,8H,1H3;1-2H3/b7-6-,11-5+,15-9+;;. The summed E-state index contributed by atoms with van der Waals surface area (Å²) in [6.07, 6.45) is 8.65. The zero-order chi connectivity index (χ0) is 21.4. The van der Waals surface area contributed by atoms with Gasteiger partial charge in [-0.1, -0.05) is 62.9 Å². The van der Waals surface area contributed by atoms with Crippen molar-refractivity contribution in [3.05, 3.63) is 88.9 Å². The van der Waals surface area contributed by atoms with Crippen LogP contribution < -0.4 is 16.6 Å². The molecule has 0 radical (unpaired) electrons. The minimum atomic E-state index is -0.306. The summed E-state index contributed by atoms with van der Waals surface area (Å²) in [6.45, 7) is 11.2. The third kappa shape index (κ3) is 9.33. The number of nitrogens with two attached hydrogens (primary N) is 1. The summed E-state index contributed by atoms with van der Waals surface area (Å²) in [5, 5.41) is 7.04. The van der Waals surface area contributed by atoms with E-state index in [0.29, 0.717) is 5.69 Å². The van der Waals surface area contributed by atoms with Crippen LogP contribution in [0.1, 0.15) is 26.5 Å². The lowest BCUT2D eigenvalue weighted by molar-refractivity contribution is 0.810. The van der Waals surface area contributed by atoms with Crippen LogP contribution in [0.25, 0.3) is 0 Å². The molecule has 1 heterocycles. The highest BCUT2D eigenvalue weighted by atomic mass is 16.1. The molecule has 150 valence electrons. The predicted molar refractivity (Wildman–Crippen MR) is 122 cm³/mol. The van der Waals surface area contributed by atoms with Crippen molar-refractivity contribution in [2.45, 2.75) is 27.7 Å². The van der Waals surface area contributed by atoms with Gasteiger partial charge in [-0.15, -0.1) is 0 Å². The minimum Gasteiger partial charge on any atom is -0.388 e. The van der Waals surface area contributed by atoms with E-state index in [1.807, 2.05) is 70.3 Å². The van der Waals surface area contributed by atoms with Gasteiger partial charge in [-0.3, -0.25) is 4.79 Å². The normalized spacial score (nSPS) is 10.7. The summed E-state index contributed by atoms with van der Waals surface area (Å²) in [5.41, 5.74) is 7.89. The Morgan fingerprint density at radius 1 is 1.29 bits per heavy atom. The van der Waals surface area contributed by atoms with Crippen molar-refractivity contribution in [1.82, 2.24) is 9.66 Å². The Balaban J connectivity index is 0.000000604. The van der Waals surface area contributed by atoms with Gasteiger partial charge in [-0.25, -0.2) is 4.98 Å². The Morgan fingerprint density at radius 3 is 2.39 bits per heavy atom. The van der Waals surface area contributed by atoms with E-state index in [0.717, 1.165) is 15.9 Å². The van der Waals surface area contributed by atoms with Gasteiger partial charge >= 0.3 is 0 Å². The van der Waals surface area contributed by atoms with Crippen LogP contribution in [0.15, 0.2) is 82.8 Å². The van der Waals surface area contributed by atoms with Crippen LogP contribution in [0.3, 0.4) is 0 Å². The molecule has 0 saturated heterocycles. The van der Waals surface area contributed by atoms with Crippen molar-refractivity contribution in [1.29, 1.82) is 0 Å². The maximum atomic E-state index is 11.7. The van der Waals surface area contributed by atoms with Gasteiger partial charge < -0.3 is 11.1 Å². The quantitative estimate of drug-likeness (QED) is 0.593. The number of allylic oxidation sites excluding steroid dienone is 5. The van der Waals surface area contributed by atoms with E-state index in [9.17, 15) is 4.79 Å². The van der Waals surface area contributed by atoms with E-state index in [1.54, 1.807) is 19.1 Å². The van der Waals surface area contributed by atoms with Gasteiger partial charge in [0.15, 0.2) is 0 Å². The summed E-state index contributed by atoms with van der Waals surface area (Å²) in [5.74, 6) is 0.0689. The number of nitrogens with one attached hydrogen (secondary N) is 1. The topological polar surface area (TPSA) is 85.3 Å². The van der Waals surface area contributed by atoms with Crippen LogP contribution in [0, 0.1) is 6.92 Å². The predicted octanol–water partition coefficient (Wildman–Crippen LogP) is 4.41. The molecule has 0 bridgehead atoms. The second-order valence-corrected chi connectivity index (χ2v) is 5.15. The van der Waals surface area contributed by atoms with E-state index in [-0.39, 0.29) is 11.5 Å². The van der Waals surface area contributed by atoms with Crippen molar-refractivity contribution < 1.29 is 0 Å². The average Bonchev–Trinajstić information content (AvgIpc) is 2.72. The zero-order valence-corrected chi connectivity index (χ0v) is 17.4. The number of anilines is 2. The lowest BCUT2D eigenvalue weighted by Gasteiger charge is -2.02. The van der Waals surface area contributed by atoms with Crippen molar-refractivity contribution in [3.8, 4) is 0 Å². The number of benzene rings is 1. The first-order chi connectivity index (χ1) is 13.5. The minimum absolute atomic E-state index is 0.0689. The molecule has 0 unspecified atom stereocenters. The van der Waals surface area contributed by atoms with E-state index in [1.165, 1.54) is 12.3 Å². The first kappa shape index (κ1) is 24.6. The van der Waals surface area contributed by atoms with Gasteiger partial charge in [0.2, 0.25) is 5.95 Å². The molecule has 0 aliphatic heterocycles. The lowest BCUT2D eigenvalue weighted by Crippen LogP contribution is -2.21. The zero-order valence-electron chi connectivity index (χ0n) is 17.4. The molecule has 2 rings (SSSR count). The maximum Gasteiger partial charge on any atom is 0.275 e. The molecular formula is C22H31N5O. The molecule has 0 aliphatic rings. The van der Waals surface area contributed by atoms with Crippen LogP contribution in [-0.4, -0.2) is 22.9 Å². The number of nitrogens with zero attached hydrogens (tertiary/aromatic N) is 3. The maximum absolute atomic E-state index is 11.7. The molecule has 28 heavy (non-hydrogen) atoms. The summed E-state index contributed by atoms with van der Waals surface area (Å²) in [7, 11) is 1.91. The second kappa shape index (κ2) is 14.7. The Labute approximate surface area is 167 Å². The van der Waals surface area contributed by atoms with Gasteiger partial charge in [-0.2, -0.15) is 9.78 Å². The summed E-state index contributed by atoms with van der Waals surface area (Å²) in [4.78, 5) is 15.6. The summed E-state index contributed by atoms with van der Waals surface area (Å²) < 4.78 is 1.05. The number of aryl methyl sites for hydroxylation is 1. The van der Waals surface area contributed by atoms with Gasteiger partial charge in [0, 0.05) is 24.5 Å². The number of hydrogen-bond donors (Lipinski definition) is 2. The summed E-state index contributed by atoms with van der Waals surface area (Å²) >= 11 is 0. The highest BCUT2D eigenvalue weighted by molar-refractivity contribution is 5.82. The van der Waals surface area contributed by atoms with Crippen LogP contribution in [0.4, 0.5) is 11.6 Å². The fourth-order valence-corrected chi connectivity index (χ4v) is 1.85. The number of aromatic nitrogens is 2. The molecule has 1 aromatic heterocycles. The fourth-order valence-electron chi connectivity index (χ4n) is 1.85. The van der Waals surface area contributed by atoms with E-state index < -0.39 is 0 Å². The Hall–Kier alpha value is -3.41. The van der Waals surface area contributed by atoms with Crippen LogP contribution in [-0.2, 0) is 0 Å². The van der Waals surface area contributed by atoms with E-state index in [4.69, 9.17) is 5.73 Å². The fraction of sp³-hybridized carbons (Fsp3) is 0.227. The van der Waals surface area contributed by atoms with Crippen LogP contribution in [0.2, 0.25) is 0 Å². The number of para-hydroxylation sites is 1. The molecule has 1 aromatic carbocycles. The van der Waals surface area contributed by atoms with Gasteiger partial charge in [0.05, 0.1) is 6.21 Å². The second-order valence-electron chi connectivity index (χ2n) is 5.15. The number of nitrogen functional groups attached to an aromatic ring is 1. The Bertz CT molecular complexity index is 849. The van der Waals surface area contributed by atoms with Gasteiger partial charge in [-0.05, 0) is 31.6 Å². The van der Waals surface area contributed by atoms with E-state index >= 15 is 0 Å². The summed E-state index contributed by atoms with van der Waals surface area (Å²) in [6, 6.07) is 11.4. The molecule has 3 N–H and O–H groups in total. The van der Waals surface area contributed by atoms with Gasteiger partial charge in [0.1, 0.15) is 0 Å². The first-order valence-electron chi connectivity index (χ1n) is 9.10. The van der Waals surface area contributed by atoms with Crippen molar-refractivity contribution in [2.24, 2.45) is 5.10 Å². The van der Waals surface area contributed by atoms with Gasteiger partial charge in [0.25, 0.3) is 5.56 Å². The number of rotatable bonds is 5. The van der Waals surface area contributed by atoms with Crippen LogP contribution >= 0.6 is 0 Å². The smallest absolute Gasteiger partial charge is 0.275 e. The van der Waals surface area contributed by atoms with E-state index in [2.05, 4.69) is 22.0 Å². The highest BCUT2D eigenvalue weighted by Crippen LogP contribution is 2.01. The molecule has 0 aliphatic carbocycles. The first-order valence-corrected chi connectivity index (χ1v) is 9.10. The SMILES string of the molecule is C=C\C=C/C(/C=N/n1c(N)nc(C)cc1=O)=C\C.CC.CNc1ccccc1. The molecular weight excluding hydrogens is 350 g/mol. The molecule has 2 aromatic rings. The Kier molecular flexibility index (Phi) is 12.9. The monoisotopic (exact) mass is 381 g/mol. The Morgan fingerprint density at radius 2 is 1.93 bits per heavy atom. The van der Waals surface area contributed by atoms with Crippen molar-refractivity contribution >= 4 is 17.9 Å². The molecule has 0 spiro atoms. The van der Waals surface area contributed by atoms with Crippen molar-refractivity contribution in [2.75, 3.05) is 18.1 Å².